The molecule has 28 heavy (non-hydrogen) atoms. The molecule has 0 spiro atoms. The molecule has 0 saturated carbocycles. The molecular weight excluding hydrogens is 417 g/mol. The lowest BCUT2D eigenvalue weighted by atomic mass is 10.1. The van der Waals surface area contributed by atoms with Gasteiger partial charge in [0.2, 0.25) is 5.91 Å². The van der Waals surface area contributed by atoms with E-state index in [0.717, 1.165) is 6.42 Å². The standard InChI is InChI=1S/C20H23Cl2N3O2S/c1-24(2)17(18-6-4-8-28-18)12-23-19(26)16-5-3-7-25(16)20(27)13-9-14(21)11-15(22)10-13/h4,6,8-11,16-17H,3,5,7,12H2,1-2H3,(H,23,26). The number of nitrogens with one attached hydrogen (secondary N) is 1. The van der Waals surface area contributed by atoms with Gasteiger partial charge in [0, 0.05) is 33.6 Å². The summed E-state index contributed by atoms with van der Waals surface area (Å²) in [6.45, 7) is 1.04. The first-order valence-electron chi connectivity index (χ1n) is 9.11. The minimum atomic E-state index is -0.476. The monoisotopic (exact) mass is 439 g/mol. The zero-order valence-electron chi connectivity index (χ0n) is 15.8. The molecule has 0 radical (unpaired) electrons. The number of hydrogen-bond acceptors (Lipinski definition) is 4. The lowest BCUT2D eigenvalue weighted by molar-refractivity contribution is -0.125. The van der Waals surface area contributed by atoms with Crippen LogP contribution in [-0.4, -0.2) is 54.8 Å². The van der Waals surface area contributed by atoms with Gasteiger partial charge in [-0.25, -0.2) is 0 Å². The normalized spacial score (nSPS) is 17.8. The molecule has 2 amide bonds. The Morgan fingerprint density at radius 2 is 2.00 bits per heavy atom. The Balaban J connectivity index is 1.68. The molecule has 1 N–H and O–H groups in total. The van der Waals surface area contributed by atoms with Gasteiger partial charge in [-0.05, 0) is 56.6 Å². The van der Waals surface area contributed by atoms with Crippen LogP contribution in [0.2, 0.25) is 10.0 Å². The second-order valence-corrected chi connectivity index (χ2v) is 8.91. The average molecular weight is 440 g/mol. The van der Waals surface area contributed by atoms with Gasteiger partial charge in [-0.3, -0.25) is 9.59 Å². The highest BCUT2D eigenvalue weighted by Gasteiger charge is 2.35. The maximum atomic E-state index is 12.9. The molecular formula is C20H23Cl2N3O2S. The van der Waals surface area contributed by atoms with E-state index < -0.39 is 6.04 Å². The molecule has 8 heteroatoms. The first-order chi connectivity index (χ1) is 13.4. The van der Waals surface area contributed by atoms with Gasteiger partial charge in [0.05, 0.1) is 6.04 Å². The van der Waals surface area contributed by atoms with Crippen molar-refractivity contribution in [3.63, 3.8) is 0 Å². The number of carbonyl (C=O) groups is 2. The van der Waals surface area contributed by atoms with E-state index in [1.165, 1.54) is 4.88 Å². The molecule has 5 nitrogen and oxygen atoms in total. The number of benzene rings is 1. The number of carbonyl (C=O) groups excluding carboxylic acids is 2. The van der Waals surface area contributed by atoms with Gasteiger partial charge >= 0.3 is 0 Å². The van der Waals surface area contributed by atoms with Crippen molar-refractivity contribution in [3.05, 3.63) is 56.2 Å². The van der Waals surface area contributed by atoms with Crippen molar-refractivity contribution in [1.82, 2.24) is 15.1 Å². The van der Waals surface area contributed by atoms with Crippen LogP contribution in [0.3, 0.4) is 0 Å². The zero-order valence-corrected chi connectivity index (χ0v) is 18.2. The minimum Gasteiger partial charge on any atom is -0.352 e. The first kappa shape index (κ1) is 21.1. The van der Waals surface area contributed by atoms with Gasteiger partial charge in [-0.2, -0.15) is 0 Å². The molecule has 1 aromatic heterocycles. The highest BCUT2D eigenvalue weighted by atomic mass is 35.5. The van der Waals surface area contributed by atoms with E-state index in [0.29, 0.717) is 35.1 Å². The van der Waals surface area contributed by atoms with E-state index in [1.54, 1.807) is 34.4 Å². The molecule has 1 saturated heterocycles. The Bertz CT molecular complexity index is 822. The maximum Gasteiger partial charge on any atom is 0.254 e. The molecule has 1 aliphatic heterocycles. The number of thiophene rings is 1. The lowest BCUT2D eigenvalue weighted by Crippen LogP contribution is -2.47. The highest BCUT2D eigenvalue weighted by Crippen LogP contribution is 2.25. The van der Waals surface area contributed by atoms with Gasteiger partial charge in [-0.15, -0.1) is 11.3 Å². The predicted molar refractivity (Wildman–Crippen MR) is 114 cm³/mol. The molecule has 2 atom stereocenters. The Labute approximate surface area is 179 Å². The van der Waals surface area contributed by atoms with Crippen LogP contribution in [-0.2, 0) is 4.79 Å². The van der Waals surface area contributed by atoms with Crippen LogP contribution in [0.1, 0.15) is 34.1 Å². The molecule has 1 aliphatic rings. The summed E-state index contributed by atoms with van der Waals surface area (Å²) in [6, 6.07) is 8.45. The fourth-order valence-corrected chi connectivity index (χ4v) is 4.91. The number of likely N-dealkylation sites (N-methyl/N-ethyl adjacent to an activating group) is 1. The minimum absolute atomic E-state index is 0.0984. The molecule has 0 aliphatic carbocycles. The quantitative estimate of drug-likeness (QED) is 0.737. The van der Waals surface area contributed by atoms with Crippen LogP contribution < -0.4 is 5.32 Å². The summed E-state index contributed by atoms with van der Waals surface area (Å²) in [5.41, 5.74) is 0.405. The fourth-order valence-electron chi connectivity index (χ4n) is 3.46. The number of halogens is 2. The molecule has 1 aromatic carbocycles. The van der Waals surface area contributed by atoms with Crippen LogP contribution in [0.15, 0.2) is 35.7 Å². The molecule has 2 unspecified atom stereocenters. The summed E-state index contributed by atoms with van der Waals surface area (Å²) in [6.07, 6.45) is 1.44. The topological polar surface area (TPSA) is 52.7 Å². The molecule has 150 valence electrons. The molecule has 2 aromatic rings. The number of amides is 2. The van der Waals surface area contributed by atoms with Crippen molar-refractivity contribution in [2.75, 3.05) is 27.2 Å². The lowest BCUT2D eigenvalue weighted by Gasteiger charge is -2.27. The molecule has 1 fully saturated rings. The third kappa shape index (κ3) is 4.87. The van der Waals surface area contributed by atoms with Crippen LogP contribution in [0.4, 0.5) is 0 Å². The van der Waals surface area contributed by atoms with Gasteiger partial charge < -0.3 is 15.1 Å². The van der Waals surface area contributed by atoms with Crippen molar-refractivity contribution in [1.29, 1.82) is 0 Å². The van der Waals surface area contributed by atoms with Crippen LogP contribution in [0.25, 0.3) is 0 Å². The van der Waals surface area contributed by atoms with E-state index in [2.05, 4.69) is 16.3 Å². The van der Waals surface area contributed by atoms with Gasteiger partial charge in [-0.1, -0.05) is 29.3 Å². The van der Waals surface area contributed by atoms with E-state index in [-0.39, 0.29) is 17.9 Å². The Morgan fingerprint density at radius 3 is 2.61 bits per heavy atom. The van der Waals surface area contributed by atoms with Gasteiger partial charge in [0.1, 0.15) is 6.04 Å². The molecule has 0 bridgehead atoms. The maximum absolute atomic E-state index is 12.9. The average Bonchev–Trinajstić information content (AvgIpc) is 3.32. The molecule has 2 heterocycles. The largest absolute Gasteiger partial charge is 0.352 e. The van der Waals surface area contributed by atoms with E-state index in [1.807, 2.05) is 25.5 Å². The number of likely N-dealkylation sites (tertiary alicyclic amines) is 1. The second-order valence-electron chi connectivity index (χ2n) is 7.05. The van der Waals surface area contributed by atoms with Gasteiger partial charge in [0.25, 0.3) is 5.91 Å². The van der Waals surface area contributed by atoms with E-state index in [4.69, 9.17) is 23.2 Å². The molecule has 3 rings (SSSR count). The summed E-state index contributed by atoms with van der Waals surface area (Å²) < 4.78 is 0. The third-order valence-corrected chi connectivity index (χ3v) is 6.30. The van der Waals surface area contributed by atoms with Crippen molar-refractivity contribution in [2.24, 2.45) is 0 Å². The summed E-state index contributed by atoms with van der Waals surface area (Å²) in [7, 11) is 3.98. The number of nitrogens with zero attached hydrogens (tertiary/aromatic N) is 2. The van der Waals surface area contributed by atoms with Crippen molar-refractivity contribution in [2.45, 2.75) is 24.9 Å². The SMILES string of the molecule is CN(C)C(CNC(=O)C1CCCN1C(=O)c1cc(Cl)cc(Cl)c1)c1cccs1. The van der Waals surface area contributed by atoms with Gasteiger partial charge in [0.15, 0.2) is 0 Å². The second kappa shape index (κ2) is 9.27. The third-order valence-electron chi connectivity index (χ3n) is 4.89. The Morgan fingerprint density at radius 1 is 1.29 bits per heavy atom. The smallest absolute Gasteiger partial charge is 0.254 e. The summed E-state index contributed by atoms with van der Waals surface area (Å²) in [4.78, 5) is 30.7. The van der Waals surface area contributed by atoms with E-state index >= 15 is 0 Å². The predicted octanol–water partition coefficient (Wildman–Crippen LogP) is 4.08. The summed E-state index contributed by atoms with van der Waals surface area (Å²) in [5, 5.41) is 5.87. The summed E-state index contributed by atoms with van der Waals surface area (Å²) >= 11 is 13.7. The van der Waals surface area contributed by atoms with E-state index in [9.17, 15) is 9.59 Å². The first-order valence-corrected chi connectivity index (χ1v) is 10.7. The van der Waals surface area contributed by atoms with Crippen molar-refractivity contribution in [3.8, 4) is 0 Å². The number of rotatable bonds is 6. The van der Waals surface area contributed by atoms with Crippen LogP contribution >= 0.6 is 34.5 Å². The number of hydrogen-bond donors (Lipinski definition) is 1. The van der Waals surface area contributed by atoms with Crippen molar-refractivity contribution < 1.29 is 9.59 Å². The van der Waals surface area contributed by atoms with Crippen molar-refractivity contribution >= 4 is 46.4 Å². The fraction of sp³-hybridized carbons (Fsp3) is 0.400. The van der Waals surface area contributed by atoms with Crippen LogP contribution in [0.5, 0.6) is 0 Å². The highest BCUT2D eigenvalue weighted by molar-refractivity contribution is 7.10. The Kier molecular flexibility index (Phi) is 6.99. The Hall–Kier alpha value is -1.60. The van der Waals surface area contributed by atoms with Crippen LogP contribution in [0, 0.1) is 0 Å². The summed E-state index contributed by atoms with van der Waals surface area (Å²) in [5.74, 6) is -0.341. The zero-order chi connectivity index (χ0) is 20.3.